The topological polar surface area (TPSA) is 56.0 Å². The van der Waals surface area contributed by atoms with E-state index in [2.05, 4.69) is 5.32 Å². The van der Waals surface area contributed by atoms with Crippen molar-refractivity contribution in [1.29, 1.82) is 0 Å². The Morgan fingerprint density at radius 2 is 2.50 bits per heavy atom. The fourth-order valence-corrected chi connectivity index (χ4v) is 0.832. The van der Waals surface area contributed by atoms with E-state index in [9.17, 15) is 10.0 Å². The van der Waals surface area contributed by atoms with E-state index in [4.69, 9.17) is 0 Å². The van der Waals surface area contributed by atoms with Gasteiger partial charge in [-0.1, -0.05) is 0 Å². The van der Waals surface area contributed by atoms with Crippen LogP contribution in [0.1, 0.15) is 12.5 Å². The molecule has 0 bridgehead atoms. The van der Waals surface area contributed by atoms with Crippen molar-refractivity contribution in [1.82, 2.24) is 5.32 Å². The first-order valence-corrected chi connectivity index (χ1v) is 3.60. The summed E-state index contributed by atoms with van der Waals surface area (Å²) >= 11 is 0. The molecular formula is C8H10N2O2. The van der Waals surface area contributed by atoms with Crippen LogP contribution in [0.3, 0.4) is 0 Å². The molecule has 0 aliphatic rings. The van der Waals surface area contributed by atoms with Crippen LogP contribution in [0.4, 0.5) is 0 Å². The van der Waals surface area contributed by atoms with E-state index in [-0.39, 0.29) is 5.91 Å². The smallest absolute Gasteiger partial charge is 0.217 e. The molecule has 0 unspecified atom stereocenters. The van der Waals surface area contributed by atoms with E-state index in [1.54, 1.807) is 12.1 Å². The molecule has 4 nitrogen and oxygen atoms in total. The normalized spacial score (nSPS) is 9.42. The molecule has 0 atom stereocenters. The fraction of sp³-hybridized carbons (Fsp3) is 0.250. The van der Waals surface area contributed by atoms with Gasteiger partial charge in [-0.25, -0.2) is 0 Å². The van der Waals surface area contributed by atoms with Crippen LogP contribution >= 0.6 is 0 Å². The van der Waals surface area contributed by atoms with Crippen molar-refractivity contribution in [2.75, 3.05) is 0 Å². The van der Waals surface area contributed by atoms with E-state index in [1.165, 1.54) is 19.3 Å². The molecule has 4 heteroatoms. The van der Waals surface area contributed by atoms with Crippen molar-refractivity contribution in [3.63, 3.8) is 0 Å². The number of amides is 1. The predicted molar refractivity (Wildman–Crippen MR) is 42.9 cm³/mol. The monoisotopic (exact) mass is 166 g/mol. The predicted octanol–water partition coefficient (Wildman–Crippen LogP) is -0.0439. The highest BCUT2D eigenvalue weighted by atomic mass is 16.5. The first kappa shape index (κ1) is 8.52. The zero-order chi connectivity index (χ0) is 8.97. The number of aromatic nitrogens is 1. The van der Waals surface area contributed by atoms with E-state index < -0.39 is 0 Å². The number of pyridine rings is 1. The van der Waals surface area contributed by atoms with Gasteiger partial charge in [0, 0.05) is 25.1 Å². The molecule has 1 rings (SSSR count). The average Bonchev–Trinajstić information content (AvgIpc) is 2.01. The first-order chi connectivity index (χ1) is 5.68. The number of carbonyl (C=O) groups is 1. The van der Waals surface area contributed by atoms with Crippen molar-refractivity contribution in [2.45, 2.75) is 13.5 Å². The third-order valence-corrected chi connectivity index (χ3v) is 1.38. The van der Waals surface area contributed by atoms with Crippen molar-refractivity contribution >= 4 is 5.91 Å². The van der Waals surface area contributed by atoms with Crippen LogP contribution in [0, 0.1) is 5.21 Å². The second kappa shape index (κ2) is 3.71. The molecule has 0 aliphatic carbocycles. The maximum atomic E-state index is 10.7. The van der Waals surface area contributed by atoms with Crippen molar-refractivity contribution in [2.24, 2.45) is 0 Å². The minimum atomic E-state index is -0.101. The highest BCUT2D eigenvalue weighted by molar-refractivity contribution is 5.72. The summed E-state index contributed by atoms with van der Waals surface area (Å²) in [6.07, 6.45) is 2.83. The van der Waals surface area contributed by atoms with Crippen LogP contribution in [0.2, 0.25) is 0 Å². The summed E-state index contributed by atoms with van der Waals surface area (Å²) in [4.78, 5) is 10.5. The summed E-state index contributed by atoms with van der Waals surface area (Å²) in [6.45, 7) is 1.84. The molecule has 0 aliphatic heterocycles. The molecule has 1 amide bonds. The third-order valence-electron chi connectivity index (χ3n) is 1.38. The zero-order valence-electron chi connectivity index (χ0n) is 6.78. The summed E-state index contributed by atoms with van der Waals surface area (Å²) in [5, 5.41) is 13.3. The lowest BCUT2D eigenvalue weighted by Gasteiger charge is -2.01. The Balaban J connectivity index is 2.57. The van der Waals surface area contributed by atoms with Gasteiger partial charge in [0.25, 0.3) is 0 Å². The summed E-state index contributed by atoms with van der Waals surface area (Å²) < 4.78 is 0.706. The van der Waals surface area contributed by atoms with E-state index in [1.807, 2.05) is 0 Å². The van der Waals surface area contributed by atoms with Crippen LogP contribution in [-0.2, 0) is 11.3 Å². The quantitative estimate of drug-likeness (QED) is 0.495. The van der Waals surface area contributed by atoms with E-state index >= 15 is 0 Å². The summed E-state index contributed by atoms with van der Waals surface area (Å²) in [5.41, 5.74) is 0.794. The van der Waals surface area contributed by atoms with Gasteiger partial charge in [0.15, 0.2) is 12.4 Å². The first-order valence-electron chi connectivity index (χ1n) is 3.60. The van der Waals surface area contributed by atoms with Gasteiger partial charge in [-0.15, -0.1) is 0 Å². The van der Waals surface area contributed by atoms with E-state index in [0.717, 1.165) is 5.56 Å². The second-order valence-electron chi connectivity index (χ2n) is 2.48. The van der Waals surface area contributed by atoms with Gasteiger partial charge in [-0.05, 0) is 6.07 Å². The molecule has 0 radical (unpaired) electrons. The van der Waals surface area contributed by atoms with E-state index in [0.29, 0.717) is 11.3 Å². The number of rotatable bonds is 2. The molecule has 12 heavy (non-hydrogen) atoms. The van der Waals surface area contributed by atoms with Crippen LogP contribution in [0.5, 0.6) is 0 Å². The van der Waals surface area contributed by atoms with Crippen molar-refractivity contribution in [3.05, 3.63) is 35.3 Å². The maximum absolute atomic E-state index is 10.7. The number of hydrogen-bond acceptors (Lipinski definition) is 2. The van der Waals surface area contributed by atoms with Crippen LogP contribution in [0.15, 0.2) is 24.5 Å². The molecule has 0 aromatic carbocycles. The molecule has 1 N–H and O–H groups in total. The lowest BCUT2D eigenvalue weighted by molar-refractivity contribution is -0.605. The number of carbonyl (C=O) groups excluding carboxylic acids is 1. The number of nitrogens with one attached hydrogen (secondary N) is 1. The average molecular weight is 166 g/mol. The van der Waals surface area contributed by atoms with Gasteiger partial charge in [-0.2, -0.15) is 4.73 Å². The highest BCUT2D eigenvalue weighted by Crippen LogP contribution is 1.92. The maximum Gasteiger partial charge on any atom is 0.217 e. The lowest BCUT2D eigenvalue weighted by atomic mass is 10.3. The minimum Gasteiger partial charge on any atom is -0.619 e. The van der Waals surface area contributed by atoms with Crippen LogP contribution in [-0.4, -0.2) is 5.91 Å². The molecule has 64 valence electrons. The zero-order valence-corrected chi connectivity index (χ0v) is 6.78. The lowest BCUT2D eigenvalue weighted by Crippen LogP contribution is -2.27. The Bertz CT molecular complexity index is 286. The van der Waals surface area contributed by atoms with Crippen LogP contribution in [0.25, 0.3) is 0 Å². The Hall–Kier alpha value is -1.58. The van der Waals surface area contributed by atoms with Gasteiger partial charge in [0.2, 0.25) is 5.91 Å². The third kappa shape index (κ3) is 2.57. The second-order valence-corrected chi connectivity index (χ2v) is 2.48. The highest BCUT2D eigenvalue weighted by Gasteiger charge is 1.97. The molecular weight excluding hydrogens is 156 g/mol. The van der Waals surface area contributed by atoms with Crippen LogP contribution < -0.4 is 10.0 Å². The molecule has 0 saturated carbocycles. The Morgan fingerprint density at radius 1 is 1.75 bits per heavy atom. The summed E-state index contributed by atoms with van der Waals surface area (Å²) in [5.74, 6) is -0.101. The minimum absolute atomic E-state index is 0.101. The number of nitrogens with zero attached hydrogens (tertiary/aromatic N) is 1. The molecule has 1 heterocycles. The molecule has 0 fully saturated rings. The van der Waals surface area contributed by atoms with Gasteiger partial charge < -0.3 is 10.5 Å². The van der Waals surface area contributed by atoms with Gasteiger partial charge in [-0.3, -0.25) is 4.79 Å². The SMILES string of the molecule is CC(=O)NCc1ccc[n+]([O-])c1. The molecule has 0 saturated heterocycles. The summed E-state index contributed by atoms with van der Waals surface area (Å²) in [7, 11) is 0. The largest absolute Gasteiger partial charge is 0.619 e. The van der Waals surface area contributed by atoms with Gasteiger partial charge in [0.05, 0.1) is 0 Å². The number of hydrogen-bond donors (Lipinski definition) is 1. The van der Waals surface area contributed by atoms with Gasteiger partial charge >= 0.3 is 0 Å². The molecule has 1 aromatic rings. The van der Waals surface area contributed by atoms with Crippen molar-refractivity contribution < 1.29 is 9.52 Å². The Labute approximate surface area is 70.4 Å². The standard InChI is InChI=1S/C8H10N2O2/c1-7(11)9-5-8-3-2-4-10(12)6-8/h2-4,6H,5H2,1H3,(H,9,11). The Morgan fingerprint density at radius 3 is 3.08 bits per heavy atom. The summed E-state index contributed by atoms with van der Waals surface area (Å²) in [6, 6.07) is 3.43. The Kier molecular flexibility index (Phi) is 2.63. The van der Waals surface area contributed by atoms with Gasteiger partial charge in [0.1, 0.15) is 0 Å². The fourth-order valence-electron chi connectivity index (χ4n) is 0.832. The van der Waals surface area contributed by atoms with Crippen molar-refractivity contribution in [3.8, 4) is 0 Å². The molecule has 0 spiro atoms. The molecule has 1 aromatic heterocycles.